The van der Waals surface area contributed by atoms with Crippen LogP contribution < -0.4 is 10.8 Å². The van der Waals surface area contributed by atoms with Crippen LogP contribution in [-0.4, -0.2) is 35.2 Å². The number of hydrogen-bond acceptors (Lipinski definition) is 4. The van der Waals surface area contributed by atoms with E-state index in [1.54, 1.807) is 24.7 Å². The zero-order valence-corrected chi connectivity index (χ0v) is 17.5. The maximum atomic E-state index is 13.2. The second kappa shape index (κ2) is 9.47. The van der Waals surface area contributed by atoms with Crippen molar-refractivity contribution in [2.45, 2.75) is 12.5 Å². The fourth-order valence-electron chi connectivity index (χ4n) is 3.57. The second-order valence-corrected chi connectivity index (χ2v) is 7.34. The predicted molar refractivity (Wildman–Crippen MR) is 122 cm³/mol. The number of nitrogens with one attached hydrogen (secondary N) is 3. The Morgan fingerprint density at radius 3 is 2.44 bits per heavy atom. The minimum absolute atomic E-state index is 0.0261. The Labute approximate surface area is 185 Å². The van der Waals surface area contributed by atoms with Gasteiger partial charge in [-0.05, 0) is 47.9 Å². The minimum Gasteiger partial charge on any atom is -0.377 e. The Kier molecular flexibility index (Phi) is 6.30. The van der Waals surface area contributed by atoms with Gasteiger partial charge in [-0.3, -0.25) is 14.8 Å². The molecule has 1 aliphatic rings. The van der Waals surface area contributed by atoms with Crippen LogP contribution in [0.15, 0.2) is 78.9 Å². The van der Waals surface area contributed by atoms with Gasteiger partial charge in [0.1, 0.15) is 5.69 Å². The zero-order valence-electron chi connectivity index (χ0n) is 17.5. The van der Waals surface area contributed by atoms with Crippen molar-refractivity contribution in [3.8, 4) is 11.3 Å². The molecule has 4 rings (SSSR count). The van der Waals surface area contributed by atoms with Gasteiger partial charge in [-0.15, -0.1) is 0 Å². The zero-order chi connectivity index (χ0) is 22.5. The Hall–Kier alpha value is -3.94. The fourth-order valence-corrected chi connectivity index (χ4v) is 3.57. The monoisotopic (exact) mass is 429 g/mol. The lowest BCUT2D eigenvalue weighted by molar-refractivity contribution is 0.0706. The van der Waals surface area contributed by atoms with Crippen LogP contribution in [0.1, 0.15) is 32.8 Å². The summed E-state index contributed by atoms with van der Waals surface area (Å²) in [7, 11) is 1.67. The number of amides is 2. The van der Waals surface area contributed by atoms with Gasteiger partial charge in [0.05, 0.1) is 6.10 Å². The highest BCUT2D eigenvalue weighted by atomic mass is 16.5. The Morgan fingerprint density at radius 2 is 1.81 bits per heavy atom. The number of anilines is 1. The first-order valence-electron chi connectivity index (χ1n) is 10.1. The van der Waals surface area contributed by atoms with Crippen LogP contribution in [0.3, 0.4) is 0 Å². The lowest BCUT2D eigenvalue weighted by Crippen LogP contribution is -2.18. The number of methoxy groups -OCH3 is 1. The van der Waals surface area contributed by atoms with E-state index in [4.69, 9.17) is 9.94 Å². The van der Waals surface area contributed by atoms with Crippen LogP contribution in [0.4, 0.5) is 5.69 Å². The van der Waals surface area contributed by atoms with Crippen molar-refractivity contribution < 1.29 is 19.5 Å². The summed E-state index contributed by atoms with van der Waals surface area (Å²) in [6.45, 7) is 0. The van der Waals surface area contributed by atoms with Gasteiger partial charge in [0.15, 0.2) is 0 Å². The number of H-pyrrole nitrogens is 1. The molecular formula is C25H23N3O4. The van der Waals surface area contributed by atoms with Gasteiger partial charge in [0, 0.05) is 29.6 Å². The number of aromatic nitrogens is 1. The molecule has 7 heteroatoms. The molecule has 32 heavy (non-hydrogen) atoms. The third kappa shape index (κ3) is 4.54. The summed E-state index contributed by atoms with van der Waals surface area (Å²) in [6, 6.07) is 18.0. The Morgan fingerprint density at radius 1 is 1.06 bits per heavy atom. The first kappa shape index (κ1) is 21.3. The van der Waals surface area contributed by atoms with Gasteiger partial charge in [-0.25, -0.2) is 5.48 Å². The molecule has 1 unspecified atom stereocenters. The van der Waals surface area contributed by atoms with Gasteiger partial charge in [0.2, 0.25) is 0 Å². The van der Waals surface area contributed by atoms with Crippen LogP contribution in [0, 0.1) is 0 Å². The normalized spacial score (nSPS) is 15.2. The second-order valence-electron chi connectivity index (χ2n) is 7.34. The topological polar surface area (TPSA) is 103 Å². The van der Waals surface area contributed by atoms with Crippen LogP contribution in [0.25, 0.3) is 16.8 Å². The third-order valence-corrected chi connectivity index (χ3v) is 5.31. The highest BCUT2D eigenvalue weighted by Crippen LogP contribution is 2.30. The summed E-state index contributed by atoms with van der Waals surface area (Å²) < 4.78 is 5.38. The minimum atomic E-state index is -0.618. The average molecular weight is 429 g/mol. The molecule has 0 fully saturated rings. The number of allylic oxidation sites excluding steroid dienone is 2. The number of aromatic amines is 1. The molecule has 2 aromatic carbocycles. The highest BCUT2D eigenvalue weighted by molar-refractivity contribution is 6.07. The largest absolute Gasteiger partial charge is 0.377 e. The number of hydroxylamine groups is 1. The molecule has 1 heterocycles. The molecule has 4 N–H and O–H groups in total. The first-order valence-corrected chi connectivity index (χ1v) is 10.1. The molecule has 3 aromatic rings. The lowest BCUT2D eigenvalue weighted by atomic mass is 9.97. The first-order chi connectivity index (χ1) is 15.6. The van der Waals surface area contributed by atoms with Gasteiger partial charge in [-0.1, -0.05) is 48.6 Å². The smallest absolute Gasteiger partial charge is 0.274 e. The molecule has 0 radical (unpaired) electrons. The summed E-state index contributed by atoms with van der Waals surface area (Å²) in [5, 5.41) is 11.6. The maximum Gasteiger partial charge on any atom is 0.274 e. The average Bonchev–Trinajstić information content (AvgIpc) is 3.30. The number of carbonyl (C=O) groups excluding carboxylic acids is 2. The van der Waals surface area contributed by atoms with Crippen molar-refractivity contribution in [3.63, 3.8) is 0 Å². The van der Waals surface area contributed by atoms with E-state index < -0.39 is 5.91 Å². The Balaban J connectivity index is 1.65. The van der Waals surface area contributed by atoms with Crippen LogP contribution >= 0.6 is 0 Å². The molecule has 162 valence electrons. The summed E-state index contributed by atoms with van der Waals surface area (Å²) in [5.74, 6) is -0.919. The summed E-state index contributed by atoms with van der Waals surface area (Å²) >= 11 is 0. The molecule has 7 nitrogen and oxygen atoms in total. The van der Waals surface area contributed by atoms with E-state index in [1.165, 1.54) is 12.1 Å². The molecule has 0 aliphatic heterocycles. The van der Waals surface area contributed by atoms with Gasteiger partial charge in [-0.2, -0.15) is 0 Å². The highest BCUT2D eigenvalue weighted by Gasteiger charge is 2.20. The van der Waals surface area contributed by atoms with E-state index in [0.29, 0.717) is 11.4 Å². The number of rotatable bonds is 6. The SMILES string of the molecule is COC1C=CC(c2cc(-c3ccccc3)[nH]c2C(=O)Nc2ccc(C(=O)NO)cc2)=CC1. The number of carbonyl (C=O) groups is 2. The van der Waals surface area contributed by atoms with Crippen LogP contribution in [0.2, 0.25) is 0 Å². The molecule has 0 saturated heterocycles. The van der Waals surface area contributed by atoms with Gasteiger partial charge in [0.25, 0.3) is 11.8 Å². The van der Waals surface area contributed by atoms with E-state index in [1.807, 2.05) is 48.6 Å². The van der Waals surface area contributed by atoms with Crippen molar-refractivity contribution >= 4 is 23.1 Å². The van der Waals surface area contributed by atoms with Crippen molar-refractivity contribution in [3.05, 3.63) is 95.7 Å². The maximum absolute atomic E-state index is 13.2. The molecule has 0 spiro atoms. The predicted octanol–water partition coefficient (Wildman–Crippen LogP) is 4.41. The van der Waals surface area contributed by atoms with Crippen molar-refractivity contribution in [2.75, 3.05) is 12.4 Å². The third-order valence-electron chi connectivity index (χ3n) is 5.31. The standard InChI is InChI=1S/C25H23N3O4/c1-32-20-13-9-16(10-14-20)21-15-22(17-5-3-2-4-6-17)27-23(21)25(30)26-19-11-7-18(8-12-19)24(29)28-31/h2-13,15,20,27,31H,14H2,1H3,(H,26,30)(H,28,29). The molecule has 0 saturated carbocycles. The molecule has 1 aliphatic carbocycles. The van der Waals surface area contributed by atoms with Crippen LogP contribution in [0.5, 0.6) is 0 Å². The summed E-state index contributed by atoms with van der Waals surface area (Å²) in [5.41, 5.74) is 6.38. The lowest BCUT2D eigenvalue weighted by Gasteiger charge is -2.15. The van der Waals surface area contributed by atoms with Crippen molar-refractivity contribution in [1.82, 2.24) is 10.5 Å². The number of benzene rings is 2. The van der Waals surface area contributed by atoms with Crippen molar-refractivity contribution in [1.29, 1.82) is 0 Å². The van der Waals surface area contributed by atoms with E-state index in [9.17, 15) is 9.59 Å². The van der Waals surface area contributed by atoms with E-state index in [0.717, 1.165) is 28.8 Å². The molecular weight excluding hydrogens is 406 g/mol. The number of hydrogen-bond donors (Lipinski definition) is 4. The fraction of sp³-hybridized carbons (Fsp3) is 0.120. The Bertz CT molecular complexity index is 1180. The summed E-state index contributed by atoms with van der Waals surface area (Å²) in [4.78, 5) is 27.9. The molecule has 0 bridgehead atoms. The van der Waals surface area contributed by atoms with Crippen molar-refractivity contribution in [2.24, 2.45) is 0 Å². The van der Waals surface area contributed by atoms with Gasteiger partial charge < -0.3 is 15.0 Å². The quantitative estimate of drug-likeness (QED) is 0.344. The van der Waals surface area contributed by atoms with E-state index in [2.05, 4.69) is 16.4 Å². The van der Waals surface area contributed by atoms with Gasteiger partial charge >= 0.3 is 0 Å². The van der Waals surface area contributed by atoms with E-state index in [-0.39, 0.29) is 17.6 Å². The molecule has 2 amide bonds. The van der Waals surface area contributed by atoms with E-state index >= 15 is 0 Å². The number of ether oxygens (including phenoxy) is 1. The van der Waals surface area contributed by atoms with Crippen LogP contribution in [-0.2, 0) is 4.74 Å². The molecule has 1 aromatic heterocycles. The summed E-state index contributed by atoms with van der Waals surface area (Å²) in [6.07, 6.45) is 6.76. The molecule has 1 atom stereocenters.